The number of benzene rings is 1. The van der Waals surface area contributed by atoms with Gasteiger partial charge >= 0.3 is 0 Å². The van der Waals surface area contributed by atoms with E-state index in [9.17, 15) is 19.7 Å². The van der Waals surface area contributed by atoms with E-state index in [-0.39, 0.29) is 17.8 Å². The minimum absolute atomic E-state index is 0.0985. The van der Waals surface area contributed by atoms with Crippen molar-refractivity contribution in [1.29, 1.82) is 0 Å². The molecule has 0 spiro atoms. The van der Waals surface area contributed by atoms with E-state index in [0.29, 0.717) is 5.69 Å². The molecule has 0 saturated carbocycles. The predicted octanol–water partition coefficient (Wildman–Crippen LogP) is 1.19. The Kier molecular flexibility index (Phi) is 5.51. The lowest BCUT2D eigenvalue weighted by Crippen LogP contribution is -2.33. The quantitative estimate of drug-likeness (QED) is 0.624. The van der Waals surface area contributed by atoms with Crippen LogP contribution in [0.3, 0.4) is 0 Å². The Hall–Kier alpha value is -2.64. The minimum atomic E-state index is -0.672. The molecular weight excluding hydrogens is 300 g/mol. The van der Waals surface area contributed by atoms with E-state index in [1.165, 1.54) is 12.1 Å². The lowest BCUT2D eigenvalue weighted by molar-refractivity contribution is -0.384. The van der Waals surface area contributed by atoms with E-state index in [0.717, 1.165) is 38.8 Å². The van der Waals surface area contributed by atoms with E-state index >= 15 is 0 Å². The lowest BCUT2D eigenvalue weighted by Gasteiger charge is -2.22. The number of nitrogens with zero attached hydrogens (tertiary/aromatic N) is 2. The molecule has 1 saturated heterocycles. The number of hydrogen-bond donors (Lipinski definition) is 2. The van der Waals surface area contributed by atoms with Crippen LogP contribution in [0.4, 0.5) is 11.4 Å². The maximum atomic E-state index is 11.9. The Bertz CT molecular complexity index is 609. The van der Waals surface area contributed by atoms with Crippen LogP contribution in [0.1, 0.15) is 36.0 Å². The summed E-state index contributed by atoms with van der Waals surface area (Å²) in [5.41, 5.74) is 5.53. The van der Waals surface area contributed by atoms with Crippen molar-refractivity contribution in [2.75, 3.05) is 24.5 Å². The number of carbonyl (C=O) groups is 2. The molecule has 8 nitrogen and oxygen atoms in total. The van der Waals surface area contributed by atoms with Crippen LogP contribution in [0.2, 0.25) is 0 Å². The standard InChI is InChI=1S/C15H20N4O4/c16-14(20)10-17-15(21)11-5-6-12(13(9-11)19(22)23)18-7-3-1-2-4-8-18/h5-6,9H,1-4,7-8,10H2,(H2,16,20)(H,17,21). The largest absolute Gasteiger partial charge is 0.368 e. The summed E-state index contributed by atoms with van der Waals surface area (Å²) in [6.07, 6.45) is 4.24. The van der Waals surface area contributed by atoms with Crippen molar-refractivity contribution >= 4 is 23.2 Å². The van der Waals surface area contributed by atoms with Gasteiger partial charge in [-0.25, -0.2) is 0 Å². The molecule has 0 atom stereocenters. The Balaban J connectivity index is 2.25. The smallest absolute Gasteiger partial charge is 0.293 e. The normalized spacial score (nSPS) is 14.9. The third-order valence-corrected chi connectivity index (χ3v) is 3.80. The van der Waals surface area contributed by atoms with Gasteiger partial charge in [0.15, 0.2) is 0 Å². The molecule has 2 amide bonds. The molecule has 0 bridgehead atoms. The summed E-state index contributed by atoms with van der Waals surface area (Å²) in [4.78, 5) is 35.5. The third kappa shape index (κ3) is 4.41. The molecule has 2 rings (SSSR count). The summed E-state index contributed by atoms with van der Waals surface area (Å²) in [5.74, 6) is -1.23. The maximum absolute atomic E-state index is 11.9. The number of primary amides is 1. The molecule has 0 aromatic heterocycles. The second-order valence-corrected chi connectivity index (χ2v) is 5.51. The second-order valence-electron chi connectivity index (χ2n) is 5.51. The number of carbonyl (C=O) groups excluding carboxylic acids is 2. The van der Waals surface area contributed by atoms with Gasteiger partial charge in [0.05, 0.1) is 11.5 Å². The van der Waals surface area contributed by atoms with Crippen LogP contribution >= 0.6 is 0 Å². The van der Waals surface area contributed by atoms with Gasteiger partial charge in [0.2, 0.25) is 5.91 Å². The van der Waals surface area contributed by atoms with Crippen molar-refractivity contribution in [3.8, 4) is 0 Å². The molecule has 124 valence electrons. The van der Waals surface area contributed by atoms with Gasteiger partial charge in [-0.15, -0.1) is 0 Å². The Morgan fingerprint density at radius 2 is 1.87 bits per heavy atom. The molecule has 23 heavy (non-hydrogen) atoms. The van der Waals surface area contributed by atoms with Gasteiger partial charge in [0, 0.05) is 24.7 Å². The predicted molar refractivity (Wildman–Crippen MR) is 85.3 cm³/mol. The van der Waals surface area contributed by atoms with Gasteiger partial charge in [0.25, 0.3) is 11.6 Å². The summed E-state index contributed by atoms with van der Waals surface area (Å²) >= 11 is 0. The number of nitrogens with one attached hydrogen (secondary N) is 1. The fourth-order valence-corrected chi connectivity index (χ4v) is 2.66. The van der Waals surface area contributed by atoms with Crippen LogP contribution in [-0.2, 0) is 4.79 Å². The van der Waals surface area contributed by atoms with Crippen LogP contribution in [0.15, 0.2) is 18.2 Å². The molecule has 1 aliphatic rings. The third-order valence-electron chi connectivity index (χ3n) is 3.80. The molecule has 8 heteroatoms. The van der Waals surface area contributed by atoms with Crippen molar-refractivity contribution in [1.82, 2.24) is 5.32 Å². The molecule has 1 fully saturated rings. The number of amides is 2. The molecule has 1 aromatic rings. The zero-order chi connectivity index (χ0) is 16.8. The molecule has 1 heterocycles. The molecule has 3 N–H and O–H groups in total. The monoisotopic (exact) mass is 320 g/mol. The van der Waals surface area contributed by atoms with E-state index in [1.807, 2.05) is 4.90 Å². The molecule has 0 unspecified atom stereocenters. The topological polar surface area (TPSA) is 119 Å². The Morgan fingerprint density at radius 3 is 2.43 bits per heavy atom. The average molecular weight is 320 g/mol. The first-order valence-electron chi connectivity index (χ1n) is 7.59. The van der Waals surface area contributed by atoms with Crippen molar-refractivity contribution in [2.24, 2.45) is 5.73 Å². The highest BCUT2D eigenvalue weighted by Gasteiger charge is 2.22. The molecular formula is C15H20N4O4. The first-order chi connectivity index (χ1) is 11.0. The second kappa shape index (κ2) is 7.57. The van der Waals surface area contributed by atoms with Gasteiger partial charge in [-0.1, -0.05) is 12.8 Å². The van der Waals surface area contributed by atoms with Crippen LogP contribution in [0.25, 0.3) is 0 Å². The molecule has 1 aromatic carbocycles. The number of hydrogen-bond acceptors (Lipinski definition) is 5. The van der Waals surface area contributed by atoms with Gasteiger partial charge in [0.1, 0.15) is 5.69 Å². The summed E-state index contributed by atoms with van der Waals surface area (Å²) in [5, 5.41) is 13.7. The number of anilines is 1. The minimum Gasteiger partial charge on any atom is -0.368 e. The number of rotatable bonds is 5. The van der Waals surface area contributed by atoms with Gasteiger partial charge in [-0.05, 0) is 25.0 Å². The zero-order valence-corrected chi connectivity index (χ0v) is 12.8. The van der Waals surface area contributed by atoms with E-state index < -0.39 is 16.7 Å². The van der Waals surface area contributed by atoms with E-state index in [2.05, 4.69) is 5.32 Å². The number of nitro groups is 1. The van der Waals surface area contributed by atoms with Crippen LogP contribution in [0, 0.1) is 10.1 Å². The molecule has 0 aliphatic carbocycles. The zero-order valence-electron chi connectivity index (χ0n) is 12.8. The Labute approximate surface area is 133 Å². The van der Waals surface area contributed by atoms with Crippen LogP contribution in [-0.4, -0.2) is 36.4 Å². The Morgan fingerprint density at radius 1 is 1.22 bits per heavy atom. The summed E-state index contributed by atoms with van der Waals surface area (Å²) < 4.78 is 0. The summed E-state index contributed by atoms with van der Waals surface area (Å²) in [6, 6.07) is 4.38. The highest BCUT2D eigenvalue weighted by atomic mass is 16.6. The van der Waals surface area contributed by atoms with Crippen LogP contribution < -0.4 is 16.0 Å². The summed E-state index contributed by atoms with van der Waals surface area (Å²) in [7, 11) is 0. The van der Waals surface area contributed by atoms with E-state index in [4.69, 9.17) is 5.73 Å². The van der Waals surface area contributed by atoms with E-state index in [1.54, 1.807) is 6.07 Å². The lowest BCUT2D eigenvalue weighted by atomic mass is 10.1. The first-order valence-corrected chi connectivity index (χ1v) is 7.59. The average Bonchev–Trinajstić information content (AvgIpc) is 2.81. The highest BCUT2D eigenvalue weighted by molar-refractivity contribution is 5.97. The van der Waals surface area contributed by atoms with Crippen molar-refractivity contribution in [3.63, 3.8) is 0 Å². The van der Waals surface area contributed by atoms with Crippen molar-refractivity contribution < 1.29 is 14.5 Å². The summed E-state index contributed by atoms with van der Waals surface area (Å²) in [6.45, 7) is 1.24. The molecule has 1 aliphatic heterocycles. The fraction of sp³-hybridized carbons (Fsp3) is 0.467. The fourth-order valence-electron chi connectivity index (χ4n) is 2.66. The van der Waals surface area contributed by atoms with Crippen molar-refractivity contribution in [2.45, 2.75) is 25.7 Å². The number of nitro benzene ring substituents is 1. The first kappa shape index (κ1) is 16.7. The van der Waals surface area contributed by atoms with Gasteiger partial charge in [-0.3, -0.25) is 19.7 Å². The van der Waals surface area contributed by atoms with Crippen LogP contribution in [0.5, 0.6) is 0 Å². The van der Waals surface area contributed by atoms with Gasteiger partial charge in [-0.2, -0.15) is 0 Å². The van der Waals surface area contributed by atoms with Gasteiger partial charge < -0.3 is 16.0 Å². The highest BCUT2D eigenvalue weighted by Crippen LogP contribution is 2.31. The number of nitrogens with two attached hydrogens (primary N) is 1. The SMILES string of the molecule is NC(=O)CNC(=O)c1ccc(N2CCCCCC2)c([N+](=O)[O-])c1. The maximum Gasteiger partial charge on any atom is 0.293 e. The van der Waals surface area contributed by atoms with Crippen molar-refractivity contribution in [3.05, 3.63) is 33.9 Å². The molecule has 0 radical (unpaired) electrons.